The molecular formula is C12H11F3O4. The van der Waals surface area contributed by atoms with Crippen molar-refractivity contribution in [3.63, 3.8) is 0 Å². The fourth-order valence-electron chi connectivity index (χ4n) is 1.54. The molecule has 2 atom stereocenters. The largest absolute Gasteiger partial charge is 0.414 e. The van der Waals surface area contributed by atoms with Gasteiger partial charge in [-0.3, -0.25) is 9.59 Å². The Morgan fingerprint density at radius 2 is 1.89 bits per heavy atom. The van der Waals surface area contributed by atoms with Gasteiger partial charge in [0.25, 0.3) is 0 Å². The Balaban J connectivity index is 2.94. The fourth-order valence-corrected chi connectivity index (χ4v) is 1.54. The van der Waals surface area contributed by atoms with E-state index in [0.717, 1.165) is 0 Å². The molecule has 1 rings (SSSR count). The van der Waals surface area contributed by atoms with Crippen molar-refractivity contribution in [3.05, 3.63) is 35.9 Å². The monoisotopic (exact) mass is 276 g/mol. The van der Waals surface area contributed by atoms with E-state index in [9.17, 15) is 22.8 Å². The molecule has 0 saturated heterocycles. The van der Waals surface area contributed by atoms with Crippen LogP contribution in [0, 0.1) is 0 Å². The van der Waals surface area contributed by atoms with E-state index < -0.39 is 30.6 Å². The normalized spacial score (nSPS) is 14.5. The van der Waals surface area contributed by atoms with Crippen LogP contribution in [0.4, 0.5) is 13.2 Å². The molecule has 0 aliphatic carbocycles. The Labute approximate surface area is 106 Å². The van der Waals surface area contributed by atoms with Crippen LogP contribution in [0.25, 0.3) is 0 Å². The highest BCUT2D eigenvalue weighted by Crippen LogP contribution is 2.30. The van der Waals surface area contributed by atoms with Gasteiger partial charge in [0.1, 0.15) is 0 Å². The third-order valence-corrected chi connectivity index (χ3v) is 2.49. The van der Waals surface area contributed by atoms with Gasteiger partial charge in [0.05, 0.1) is 5.92 Å². The van der Waals surface area contributed by atoms with Gasteiger partial charge in [0.2, 0.25) is 0 Å². The molecule has 2 unspecified atom stereocenters. The first-order valence-corrected chi connectivity index (χ1v) is 5.30. The lowest BCUT2D eigenvalue weighted by Gasteiger charge is -2.20. The van der Waals surface area contributed by atoms with E-state index in [1.54, 1.807) is 6.07 Å². The second-order valence-electron chi connectivity index (χ2n) is 3.79. The van der Waals surface area contributed by atoms with Gasteiger partial charge < -0.3 is 9.84 Å². The second-order valence-corrected chi connectivity index (χ2v) is 3.79. The first-order chi connectivity index (χ1) is 8.86. The predicted octanol–water partition coefficient (Wildman–Crippen LogP) is 1.78. The van der Waals surface area contributed by atoms with Gasteiger partial charge in [-0.15, -0.1) is 0 Å². The van der Waals surface area contributed by atoms with Gasteiger partial charge in [-0.1, -0.05) is 30.3 Å². The van der Waals surface area contributed by atoms with Crippen LogP contribution in [0.15, 0.2) is 30.3 Å². The van der Waals surface area contributed by atoms with Gasteiger partial charge in [-0.2, -0.15) is 13.2 Å². The molecule has 0 spiro atoms. The number of esters is 1. The predicted molar refractivity (Wildman–Crippen MR) is 58.0 cm³/mol. The smallest absolute Gasteiger partial charge is 0.395 e. The zero-order valence-corrected chi connectivity index (χ0v) is 9.63. The third kappa shape index (κ3) is 4.36. The number of aliphatic hydroxyl groups is 1. The van der Waals surface area contributed by atoms with Gasteiger partial charge in [0, 0.05) is 0 Å². The number of aliphatic hydroxyl groups excluding tert-OH is 1. The summed E-state index contributed by atoms with van der Waals surface area (Å²) in [6.45, 7) is -0.155. The number of ether oxygens (including phenoxy) is 1. The van der Waals surface area contributed by atoms with Gasteiger partial charge in [-0.25, -0.2) is 0 Å². The zero-order chi connectivity index (χ0) is 14.5. The molecule has 19 heavy (non-hydrogen) atoms. The highest BCUT2D eigenvalue weighted by Gasteiger charge is 2.41. The van der Waals surface area contributed by atoms with Crippen LogP contribution in [0.2, 0.25) is 0 Å². The van der Waals surface area contributed by atoms with Crippen molar-refractivity contribution in [2.75, 3.05) is 0 Å². The highest BCUT2D eigenvalue weighted by atomic mass is 19.4. The fraction of sp³-hybridized carbons (Fsp3) is 0.333. The molecule has 7 heteroatoms. The minimum Gasteiger partial charge on any atom is -0.395 e. The van der Waals surface area contributed by atoms with Gasteiger partial charge in [0.15, 0.2) is 6.10 Å². The van der Waals surface area contributed by atoms with E-state index in [1.165, 1.54) is 24.3 Å². The zero-order valence-electron chi connectivity index (χ0n) is 9.63. The molecular weight excluding hydrogens is 265 g/mol. The van der Waals surface area contributed by atoms with E-state index in [0.29, 0.717) is 0 Å². The molecule has 0 aliphatic rings. The summed E-state index contributed by atoms with van der Waals surface area (Å²) in [5.41, 5.74) is 0.234. The van der Waals surface area contributed by atoms with Crippen molar-refractivity contribution in [2.24, 2.45) is 0 Å². The molecule has 4 nitrogen and oxygen atoms in total. The van der Waals surface area contributed by atoms with Crippen molar-refractivity contribution in [3.8, 4) is 0 Å². The van der Waals surface area contributed by atoms with Crippen LogP contribution in [0.5, 0.6) is 0 Å². The molecule has 1 aromatic carbocycles. The molecule has 1 N–H and O–H groups in total. The number of alkyl halides is 3. The summed E-state index contributed by atoms with van der Waals surface area (Å²) in [5, 5.41) is 9.01. The maximum atomic E-state index is 12.3. The van der Waals surface area contributed by atoms with Crippen molar-refractivity contribution in [1.29, 1.82) is 0 Å². The number of hydrogen-bond donors (Lipinski definition) is 1. The summed E-state index contributed by atoms with van der Waals surface area (Å²) in [4.78, 5) is 21.6. The van der Waals surface area contributed by atoms with Crippen LogP contribution in [-0.2, 0) is 14.3 Å². The van der Waals surface area contributed by atoms with Crippen LogP contribution in [-0.4, -0.2) is 29.8 Å². The Morgan fingerprint density at radius 3 is 2.37 bits per heavy atom. The summed E-state index contributed by atoms with van der Waals surface area (Å²) in [7, 11) is 0. The van der Waals surface area contributed by atoms with Crippen LogP contribution in [0.1, 0.15) is 17.9 Å². The molecule has 0 radical (unpaired) electrons. The van der Waals surface area contributed by atoms with E-state index in [1.807, 2.05) is 0 Å². The maximum Gasteiger partial charge on any atom is 0.414 e. The Kier molecular flexibility index (Phi) is 5.05. The Hall–Kier alpha value is -1.89. The molecule has 0 fully saturated rings. The minimum atomic E-state index is -4.84. The van der Waals surface area contributed by atoms with Gasteiger partial charge >= 0.3 is 18.6 Å². The Morgan fingerprint density at radius 1 is 1.32 bits per heavy atom. The van der Waals surface area contributed by atoms with Crippen molar-refractivity contribution < 1.29 is 32.6 Å². The molecule has 0 bridgehead atoms. The van der Waals surface area contributed by atoms with Gasteiger partial charge in [-0.05, 0) is 12.0 Å². The number of halogens is 3. The third-order valence-electron chi connectivity index (χ3n) is 2.49. The van der Waals surface area contributed by atoms with Crippen molar-refractivity contribution >= 4 is 12.4 Å². The summed E-state index contributed by atoms with van der Waals surface area (Å²) < 4.78 is 41.0. The van der Waals surface area contributed by atoms with Crippen molar-refractivity contribution in [1.82, 2.24) is 0 Å². The number of benzene rings is 1. The van der Waals surface area contributed by atoms with E-state index in [-0.39, 0.29) is 12.0 Å². The summed E-state index contributed by atoms with van der Waals surface area (Å²) in [5.74, 6) is -2.49. The molecule has 0 aromatic heterocycles. The lowest BCUT2D eigenvalue weighted by atomic mass is 9.93. The molecule has 0 saturated carbocycles. The maximum absolute atomic E-state index is 12.3. The molecule has 0 aliphatic heterocycles. The second kappa shape index (κ2) is 6.33. The molecule has 104 valence electrons. The lowest BCUT2D eigenvalue weighted by molar-refractivity contribution is -0.207. The summed E-state index contributed by atoms with van der Waals surface area (Å²) >= 11 is 0. The molecule has 0 heterocycles. The Bertz CT molecular complexity index is 430. The lowest BCUT2D eigenvalue weighted by Crippen LogP contribution is -2.32. The molecule has 0 amide bonds. The highest BCUT2D eigenvalue weighted by molar-refractivity contribution is 5.83. The number of carbonyl (C=O) groups is 2. The summed E-state index contributed by atoms with van der Waals surface area (Å²) in [6.07, 6.45) is -8.41. The van der Waals surface area contributed by atoms with Crippen LogP contribution >= 0.6 is 0 Å². The van der Waals surface area contributed by atoms with Crippen molar-refractivity contribution in [2.45, 2.75) is 24.6 Å². The summed E-state index contributed by atoms with van der Waals surface area (Å²) in [6, 6.07) is 7.50. The number of rotatable bonds is 5. The van der Waals surface area contributed by atoms with Crippen LogP contribution < -0.4 is 0 Å². The standard InChI is InChI=1S/C12H11F3O4/c13-12(14,15)10(17)6-9(11(18)19-7-16)8-4-2-1-3-5-8/h1-5,7,9-10,17H,6H2. The topological polar surface area (TPSA) is 63.6 Å². The molecule has 1 aromatic rings. The van der Waals surface area contributed by atoms with Crippen LogP contribution in [0.3, 0.4) is 0 Å². The van der Waals surface area contributed by atoms with E-state index >= 15 is 0 Å². The average molecular weight is 276 g/mol. The minimum absolute atomic E-state index is 0.155. The SMILES string of the molecule is O=COC(=O)C(CC(O)C(F)(F)F)c1ccccc1. The van der Waals surface area contributed by atoms with E-state index in [4.69, 9.17) is 5.11 Å². The average Bonchev–Trinajstić information content (AvgIpc) is 2.35. The first kappa shape index (κ1) is 15.2. The van der Waals surface area contributed by atoms with E-state index in [2.05, 4.69) is 4.74 Å². The number of carbonyl (C=O) groups excluding carboxylic acids is 2. The first-order valence-electron chi connectivity index (χ1n) is 5.30. The number of hydrogen-bond acceptors (Lipinski definition) is 4. The quantitative estimate of drug-likeness (QED) is 0.506.